The summed E-state index contributed by atoms with van der Waals surface area (Å²) in [4.78, 5) is 2.30. The first-order valence-corrected chi connectivity index (χ1v) is 6.11. The van der Waals surface area contributed by atoms with Gasteiger partial charge in [0.2, 0.25) is 0 Å². The van der Waals surface area contributed by atoms with E-state index in [1.807, 2.05) is 0 Å². The Morgan fingerprint density at radius 2 is 1.88 bits per heavy atom. The fourth-order valence-electron chi connectivity index (χ4n) is 2.01. The monoisotopic (exact) mass is 220 g/mol. The average molecular weight is 220 g/mol. The normalized spacial score (nSPS) is 12.9. The second kappa shape index (κ2) is 5.90. The number of benzene rings is 1. The van der Waals surface area contributed by atoms with Gasteiger partial charge in [-0.3, -0.25) is 0 Å². The standard InChI is InChI=1S/C14H24N2/c1-5-13(15)12-8-6-7-9-14(12)16(4)10-11(2)3/h6-9,11,13H,5,10,15H2,1-4H3/t13-/m0/s1. The van der Waals surface area contributed by atoms with Gasteiger partial charge in [0.15, 0.2) is 0 Å². The third-order valence-electron chi connectivity index (χ3n) is 2.83. The lowest BCUT2D eigenvalue weighted by Crippen LogP contribution is -2.25. The van der Waals surface area contributed by atoms with Crippen LogP contribution in [-0.4, -0.2) is 13.6 Å². The van der Waals surface area contributed by atoms with Crippen molar-refractivity contribution in [1.29, 1.82) is 0 Å². The Labute approximate surface area is 99.5 Å². The largest absolute Gasteiger partial charge is 0.374 e. The smallest absolute Gasteiger partial charge is 0.0412 e. The Bertz CT molecular complexity index is 320. The third-order valence-corrected chi connectivity index (χ3v) is 2.83. The number of nitrogens with two attached hydrogens (primary N) is 1. The van der Waals surface area contributed by atoms with Crippen LogP contribution in [0, 0.1) is 5.92 Å². The van der Waals surface area contributed by atoms with Gasteiger partial charge in [0, 0.05) is 25.3 Å². The molecule has 16 heavy (non-hydrogen) atoms. The summed E-state index contributed by atoms with van der Waals surface area (Å²) in [7, 11) is 2.14. The van der Waals surface area contributed by atoms with Crippen LogP contribution >= 0.6 is 0 Å². The van der Waals surface area contributed by atoms with E-state index in [1.54, 1.807) is 0 Å². The van der Waals surface area contributed by atoms with Crippen LogP contribution in [0.25, 0.3) is 0 Å². The number of rotatable bonds is 5. The quantitative estimate of drug-likeness (QED) is 0.825. The zero-order chi connectivity index (χ0) is 12.1. The van der Waals surface area contributed by atoms with E-state index in [0.29, 0.717) is 5.92 Å². The van der Waals surface area contributed by atoms with Gasteiger partial charge >= 0.3 is 0 Å². The molecule has 0 aliphatic heterocycles. The number of anilines is 1. The molecule has 0 bridgehead atoms. The minimum Gasteiger partial charge on any atom is -0.374 e. The molecule has 0 aliphatic carbocycles. The van der Waals surface area contributed by atoms with Crippen molar-refractivity contribution in [3.8, 4) is 0 Å². The summed E-state index contributed by atoms with van der Waals surface area (Å²) in [5, 5.41) is 0. The predicted molar refractivity (Wildman–Crippen MR) is 71.8 cm³/mol. The van der Waals surface area contributed by atoms with Crippen molar-refractivity contribution >= 4 is 5.69 Å². The maximum atomic E-state index is 6.14. The second-order valence-corrected chi connectivity index (χ2v) is 4.85. The van der Waals surface area contributed by atoms with Gasteiger partial charge in [-0.1, -0.05) is 39.0 Å². The molecule has 2 N–H and O–H groups in total. The summed E-state index contributed by atoms with van der Waals surface area (Å²) < 4.78 is 0. The van der Waals surface area contributed by atoms with Crippen LogP contribution in [-0.2, 0) is 0 Å². The van der Waals surface area contributed by atoms with Crippen LogP contribution in [0.1, 0.15) is 38.8 Å². The molecule has 1 aromatic rings. The molecule has 0 unspecified atom stereocenters. The highest BCUT2D eigenvalue weighted by molar-refractivity contribution is 5.54. The molecule has 2 heteroatoms. The Morgan fingerprint density at radius 1 is 1.25 bits per heavy atom. The topological polar surface area (TPSA) is 29.3 Å². The highest BCUT2D eigenvalue weighted by Gasteiger charge is 2.12. The van der Waals surface area contributed by atoms with Gasteiger partial charge in [0.25, 0.3) is 0 Å². The van der Waals surface area contributed by atoms with Crippen molar-refractivity contribution in [2.75, 3.05) is 18.5 Å². The molecule has 1 atom stereocenters. The Balaban J connectivity index is 2.93. The number of para-hydroxylation sites is 1. The van der Waals surface area contributed by atoms with Crippen molar-refractivity contribution in [2.24, 2.45) is 11.7 Å². The fraction of sp³-hybridized carbons (Fsp3) is 0.571. The van der Waals surface area contributed by atoms with Crippen LogP contribution < -0.4 is 10.6 Å². The lowest BCUT2D eigenvalue weighted by Gasteiger charge is -2.26. The van der Waals surface area contributed by atoms with E-state index >= 15 is 0 Å². The lowest BCUT2D eigenvalue weighted by molar-refractivity contribution is 0.630. The number of hydrogen-bond donors (Lipinski definition) is 1. The maximum absolute atomic E-state index is 6.14. The average Bonchev–Trinajstić information content (AvgIpc) is 2.27. The van der Waals surface area contributed by atoms with Gasteiger partial charge in [-0.25, -0.2) is 0 Å². The Morgan fingerprint density at radius 3 is 2.44 bits per heavy atom. The van der Waals surface area contributed by atoms with E-state index in [1.165, 1.54) is 11.3 Å². The molecule has 0 heterocycles. The van der Waals surface area contributed by atoms with E-state index in [0.717, 1.165) is 13.0 Å². The zero-order valence-electron chi connectivity index (χ0n) is 10.9. The van der Waals surface area contributed by atoms with Gasteiger partial charge in [-0.2, -0.15) is 0 Å². The minimum absolute atomic E-state index is 0.144. The van der Waals surface area contributed by atoms with E-state index in [-0.39, 0.29) is 6.04 Å². The van der Waals surface area contributed by atoms with Gasteiger partial charge < -0.3 is 10.6 Å². The minimum atomic E-state index is 0.144. The van der Waals surface area contributed by atoms with Crippen LogP contribution in [0.2, 0.25) is 0 Å². The van der Waals surface area contributed by atoms with Crippen molar-refractivity contribution < 1.29 is 0 Å². The summed E-state index contributed by atoms with van der Waals surface area (Å²) in [5.41, 5.74) is 8.66. The molecular formula is C14H24N2. The SMILES string of the molecule is CC[C@H](N)c1ccccc1N(C)CC(C)C. The van der Waals surface area contributed by atoms with Gasteiger partial charge in [0.1, 0.15) is 0 Å². The van der Waals surface area contributed by atoms with Crippen LogP contribution in [0.4, 0.5) is 5.69 Å². The molecule has 0 saturated carbocycles. The summed E-state index contributed by atoms with van der Waals surface area (Å²) in [6.07, 6.45) is 0.979. The van der Waals surface area contributed by atoms with Crippen molar-refractivity contribution in [2.45, 2.75) is 33.2 Å². The van der Waals surface area contributed by atoms with Crippen LogP contribution in [0.15, 0.2) is 24.3 Å². The van der Waals surface area contributed by atoms with Crippen molar-refractivity contribution in [1.82, 2.24) is 0 Å². The molecule has 0 aliphatic rings. The summed E-state index contributed by atoms with van der Waals surface area (Å²) in [6, 6.07) is 8.59. The fourth-order valence-corrected chi connectivity index (χ4v) is 2.01. The molecule has 0 spiro atoms. The summed E-state index contributed by atoms with van der Waals surface area (Å²) in [5.74, 6) is 0.663. The van der Waals surface area contributed by atoms with Crippen LogP contribution in [0.5, 0.6) is 0 Å². The van der Waals surface area contributed by atoms with Gasteiger partial charge in [-0.05, 0) is 24.0 Å². The van der Waals surface area contributed by atoms with Gasteiger partial charge in [0.05, 0.1) is 0 Å². The van der Waals surface area contributed by atoms with E-state index < -0.39 is 0 Å². The Hall–Kier alpha value is -1.02. The first kappa shape index (κ1) is 13.0. The van der Waals surface area contributed by atoms with Crippen molar-refractivity contribution in [3.63, 3.8) is 0 Å². The molecule has 90 valence electrons. The first-order valence-electron chi connectivity index (χ1n) is 6.11. The van der Waals surface area contributed by atoms with Gasteiger partial charge in [-0.15, -0.1) is 0 Å². The van der Waals surface area contributed by atoms with Crippen molar-refractivity contribution in [3.05, 3.63) is 29.8 Å². The summed E-state index contributed by atoms with van der Waals surface area (Å²) >= 11 is 0. The van der Waals surface area contributed by atoms with E-state index in [2.05, 4.69) is 57.0 Å². The molecule has 1 rings (SSSR count). The van der Waals surface area contributed by atoms with E-state index in [9.17, 15) is 0 Å². The summed E-state index contributed by atoms with van der Waals surface area (Å²) in [6.45, 7) is 7.66. The molecule has 1 aromatic carbocycles. The molecule has 0 amide bonds. The maximum Gasteiger partial charge on any atom is 0.0412 e. The van der Waals surface area contributed by atoms with E-state index in [4.69, 9.17) is 5.73 Å². The Kier molecular flexibility index (Phi) is 4.81. The molecular weight excluding hydrogens is 196 g/mol. The number of nitrogens with zero attached hydrogens (tertiary/aromatic N) is 1. The molecule has 0 aromatic heterocycles. The first-order chi connectivity index (χ1) is 7.56. The third kappa shape index (κ3) is 3.24. The molecule has 0 saturated heterocycles. The zero-order valence-corrected chi connectivity index (χ0v) is 10.9. The molecule has 0 fully saturated rings. The predicted octanol–water partition coefficient (Wildman–Crippen LogP) is 3.19. The molecule has 0 radical (unpaired) electrons. The molecule has 2 nitrogen and oxygen atoms in total. The highest BCUT2D eigenvalue weighted by Crippen LogP contribution is 2.26. The lowest BCUT2D eigenvalue weighted by atomic mass is 10.0. The second-order valence-electron chi connectivity index (χ2n) is 4.85. The van der Waals surface area contributed by atoms with Crippen LogP contribution in [0.3, 0.4) is 0 Å². The highest BCUT2D eigenvalue weighted by atomic mass is 15.1. The number of hydrogen-bond acceptors (Lipinski definition) is 2.